The van der Waals surface area contributed by atoms with Crippen LogP contribution in [0.15, 0.2) is 95.5 Å². The van der Waals surface area contributed by atoms with Crippen molar-refractivity contribution in [1.82, 2.24) is 5.16 Å². The van der Waals surface area contributed by atoms with Crippen LogP contribution in [0.25, 0.3) is 22.6 Å². The first-order valence-electron chi connectivity index (χ1n) is 7.75. The van der Waals surface area contributed by atoms with Crippen LogP contribution in [0.2, 0.25) is 0 Å². The quantitative estimate of drug-likeness (QED) is 0.508. The van der Waals surface area contributed by atoms with Gasteiger partial charge in [0.1, 0.15) is 0 Å². The third-order valence-corrected chi connectivity index (χ3v) is 5.98. The Kier molecular flexibility index (Phi) is 4.28. The van der Waals surface area contributed by atoms with Crippen molar-refractivity contribution in [3.63, 3.8) is 0 Å². The van der Waals surface area contributed by atoms with E-state index in [9.17, 15) is 0 Å². The van der Waals surface area contributed by atoms with Crippen molar-refractivity contribution in [3.05, 3.63) is 91.0 Å². The molecule has 1 aromatic heterocycles. The van der Waals surface area contributed by atoms with Gasteiger partial charge in [0.05, 0.1) is 0 Å². The van der Waals surface area contributed by atoms with E-state index in [1.165, 1.54) is 8.92 Å². The number of hydrogen-bond acceptors (Lipinski definition) is 2. The van der Waals surface area contributed by atoms with Gasteiger partial charge in [0.2, 0.25) is 0 Å². The SMILES string of the molecule is c1ccc([Se]c2c(-c3ccccc3)noc2-c2ccccc2)cc1. The van der Waals surface area contributed by atoms with Crippen molar-refractivity contribution in [2.45, 2.75) is 0 Å². The summed E-state index contributed by atoms with van der Waals surface area (Å²) in [6, 6.07) is 31.0. The van der Waals surface area contributed by atoms with Crippen molar-refractivity contribution >= 4 is 23.9 Å². The van der Waals surface area contributed by atoms with E-state index in [-0.39, 0.29) is 15.0 Å². The molecule has 0 spiro atoms. The summed E-state index contributed by atoms with van der Waals surface area (Å²) in [5.41, 5.74) is 3.11. The van der Waals surface area contributed by atoms with Crippen LogP contribution < -0.4 is 8.92 Å². The molecule has 3 aromatic carbocycles. The van der Waals surface area contributed by atoms with Crippen LogP contribution in [0.1, 0.15) is 0 Å². The van der Waals surface area contributed by atoms with Crippen LogP contribution >= 0.6 is 0 Å². The van der Waals surface area contributed by atoms with Gasteiger partial charge in [-0.3, -0.25) is 0 Å². The van der Waals surface area contributed by atoms with Crippen molar-refractivity contribution in [3.8, 4) is 22.6 Å². The third kappa shape index (κ3) is 3.05. The number of rotatable bonds is 4. The van der Waals surface area contributed by atoms with Crippen LogP contribution in [0.5, 0.6) is 0 Å². The second kappa shape index (κ2) is 6.88. The zero-order chi connectivity index (χ0) is 16.2. The molecule has 1 heterocycles. The summed E-state index contributed by atoms with van der Waals surface area (Å²) in [6.45, 7) is 0. The summed E-state index contributed by atoms with van der Waals surface area (Å²) < 4.78 is 8.27. The van der Waals surface area contributed by atoms with E-state index in [1.807, 2.05) is 42.5 Å². The molecule has 3 heteroatoms. The molecule has 0 fully saturated rings. The maximum atomic E-state index is 5.77. The van der Waals surface area contributed by atoms with Crippen LogP contribution in [0.4, 0.5) is 0 Å². The van der Waals surface area contributed by atoms with Gasteiger partial charge < -0.3 is 0 Å². The predicted octanol–water partition coefficient (Wildman–Crippen LogP) is 3.66. The van der Waals surface area contributed by atoms with Gasteiger partial charge in [-0.25, -0.2) is 0 Å². The van der Waals surface area contributed by atoms with E-state index in [4.69, 9.17) is 4.52 Å². The summed E-state index contributed by atoms with van der Waals surface area (Å²) >= 11 is 0.123. The van der Waals surface area contributed by atoms with Gasteiger partial charge in [0.15, 0.2) is 0 Å². The number of hydrogen-bond donors (Lipinski definition) is 0. The first-order valence-corrected chi connectivity index (χ1v) is 9.46. The monoisotopic (exact) mass is 377 g/mol. The number of benzene rings is 3. The normalized spacial score (nSPS) is 10.7. The van der Waals surface area contributed by atoms with Crippen LogP contribution in [-0.4, -0.2) is 20.1 Å². The summed E-state index contributed by atoms with van der Waals surface area (Å²) in [5, 5.41) is 4.40. The van der Waals surface area contributed by atoms with E-state index in [1.54, 1.807) is 0 Å². The second-order valence-corrected chi connectivity index (χ2v) is 7.61. The van der Waals surface area contributed by atoms with Crippen molar-refractivity contribution in [2.75, 3.05) is 0 Å². The molecule has 24 heavy (non-hydrogen) atoms. The molecule has 0 aliphatic rings. The molecule has 0 saturated heterocycles. The molecule has 0 aliphatic heterocycles. The van der Waals surface area contributed by atoms with Gasteiger partial charge in [-0.15, -0.1) is 0 Å². The molecule has 0 saturated carbocycles. The number of aromatic nitrogens is 1. The van der Waals surface area contributed by atoms with E-state index in [2.05, 4.69) is 53.7 Å². The van der Waals surface area contributed by atoms with Crippen molar-refractivity contribution in [2.24, 2.45) is 0 Å². The molecule has 0 N–H and O–H groups in total. The molecule has 0 bridgehead atoms. The Balaban J connectivity index is 1.85. The summed E-state index contributed by atoms with van der Waals surface area (Å²) in [4.78, 5) is 0. The Morgan fingerprint density at radius 1 is 0.625 bits per heavy atom. The summed E-state index contributed by atoms with van der Waals surface area (Å²) in [6.07, 6.45) is 0. The molecule has 0 atom stereocenters. The van der Waals surface area contributed by atoms with Gasteiger partial charge in [-0.2, -0.15) is 0 Å². The minimum absolute atomic E-state index is 0.123. The fraction of sp³-hybridized carbons (Fsp3) is 0. The van der Waals surface area contributed by atoms with Crippen LogP contribution in [0, 0.1) is 0 Å². The molecule has 4 rings (SSSR count). The van der Waals surface area contributed by atoms with E-state index >= 15 is 0 Å². The van der Waals surface area contributed by atoms with Crippen molar-refractivity contribution < 1.29 is 4.52 Å². The molecule has 2 nitrogen and oxygen atoms in total. The fourth-order valence-electron chi connectivity index (χ4n) is 2.54. The Morgan fingerprint density at radius 3 is 1.79 bits per heavy atom. The van der Waals surface area contributed by atoms with Gasteiger partial charge in [-0.1, -0.05) is 0 Å². The van der Waals surface area contributed by atoms with E-state index in [0.29, 0.717) is 0 Å². The molecule has 0 amide bonds. The molecule has 116 valence electrons. The summed E-state index contributed by atoms with van der Waals surface area (Å²) in [7, 11) is 0. The second-order valence-electron chi connectivity index (χ2n) is 5.34. The standard InChI is InChI=1S/C21H15NOSe/c1-4-10-16(11-5-1)19-21(24-18-14-8-3-9-15-18)20(23-22-19)17-12-6-2-7-13-17/h1-15H. The number of nitrogens with zero attached hydrogens (tertiary/aromatic N) is 1. The molecular weight excluding hydrogens is 361 g/mol. The Hall–Kier alpha value is -2.61. The van der Waals surface area contributed by atoms with Crippen LogP contribution in [0.3, 0.4) is 0 Å². The topological polar surface area (TPSA) is 26.0 Å². The summed E-state index contributed by atoms with van der Waals surface area (Å²) in [5.74, 6) is 0.873. The predicted molar refractivity (Wildman–Crippen MR) is 98.8 cm³/mol. The zero-order valence-corrected chi connectivity index (χ0v) is 14.6. The molecule has 0 radical (unpaired) electrons. The third-order valence-electron chi connectivity index (χ3n) is 3.70. The maximum absolute atomic E-state index is 5.77. The Labute approximate surface area is 147 Å². The first-order chi connectivity index (χ1) is 11.9. The van der Waals surface area contributed by atoms with Crippen LogP contribution in [-0.2, 0) is 0 Å². The Morgan fingerprint density at radius 2 is 1.17 bits per heavy atom. The van der Waals surface area contributed by atoms with E-state index < -0.39 is 0 Å². The van der Waals surface area contributed by atoms with Crippen molar-refractivity contribution in [1.29, 1.82) is 0 Å². The Bertz CT molecular complexity index is 861. The molecule has 0 aliphatic carbocycles. The van der Waals surface area contributed by atoms with E-state index in [0.717, 1.165) is 22.6 Å². The zero-order valence-electron chi connectivity index (χ0n) is 12.9. The van der Waals surface area contributed by atoms with Gasteiger partial charge >= 0.3 is 147 Å². The van der Waals surface area contributed by atoms with Gasteiger partial charge in [0.25, 0.3) is 0 Å². The van der Waals surface area contributed by atoms with Gasteiger partial charge in [-0.05, 0) is 0 Å². The molecule has 0 unspecified atom stereocenters. The first kappa shape index (κ1) is 14.9. The fourth-order valence-corrected chi connectivity index (χ4v) is 4.69. The molecule has 4 aromatic rings. The minimum atomic E-state index is 0.123. The average Bonchev–Trinajstić information content (AvgIpc) is 3.07. The molecular formula is C21H15NOSe. The average molecular weight is 376 g/mol. The van der Waals surface area contributed by atoms with Gasteiger partial charge in [0, 0.05) is 0 Å².